The molecule has 4 heteroatoms. The molecule has 0 saturated heterocycles. The second kappa shape index (κ2) is 6.13. The molecule has 3 N–H and O–H groups in total. The lowest BCUT2D eigenvalue weighted by Crippen LogP contribution is -2.22. The van der Waals surface area contributed by atoms with Crippen LogP contribution in [0.4, 0.5) is 5.69 Å². The number of nitrogens with one attached hydrogen (secondary N) is 1. The second-order valence-electron chi connectivity index (χ2n) is 4.32. The molecule has 0 saturated carbocycles. The summed E-state index contributed by atoms with van der Waals surface area (Å²) in [6.45, 7) is 7.19. The van der Waals surface area contributed by atoms with E-state index in [1.807, 2.05) is 6.92 Å². The van der Waals surface area contributed by atoms with Crippen LogP contribution in [0.25, 0.3) is 0 Å². The van der Waals surface area contributed by atoms with Gasteiger partial charge in [0, 0.05) is 12.1 Å². The van der Waals surface area contributed by atoms with Crippen LogP contribution >= 0.6 is 0 Å². The lowest BCUT2D eigenvalue weighted by atomic mass is 10.1. The Morgan fingerprint density at radius 1 is 1.47 bits per heavy atom. The van der Waals surface area contributed by atoms with Crippen LogP contribution < -0.4 is 15.8 Å². The van der Waals surface area contributed by atoms with Gasteiger partial charge in [-0.15, -0.1) is 0 Å². The summed E-state index contributed by atoms with van der Waals surface area (Å²) >= 11 is 0. The molecule has 0 aliphatic rings. The summed E-state index contributed by atoms with van der Waals surface area (Å²) in [4.78, 5) is 11.6. The Bertz CT molecular complexity index is 389. The summed E-state index contributed by atoms with van der Waals surface area (Å²) in [5, 5.41) is 2.74. The minimum absolute atomic E-state index is 0.109. The summed E-state index contributed by atoms with van der Waals surface area (Å²) < 4.78 is 5.56. The van der Waals surface area contributed by atoms with Crippen molar-refractivity contribution in [2.75, 3.05) is 18.9 Å². The van der Waals surface area contributed by atoms with Gasteiger partial charge >= 0.3 is 0 Å². The number of carbonyl (C=O) groups excluding carboxylic acids is 1. The lowest BCUT2D eigenvalue weighted by molar-refractivity contribution is 0.0955. The molecule has 4 nitrogen and oxygen atoms in total. The van der Waals surface area contributed by atoms with E-state index in [2.05, 4.69) is 19.2 Å². The second-order valence-corrected chi connectivity index (χ2v) is 4.32. The van der Waals surface area contributed by atoms with E-state index in [9.17, 15) is 4.79 Å². The van der Waals surface area contributed by atoms with Crippen molar-refractivity contribution in [3.63, 3.8) is 0 Å². The zero-order valence-corrected chi connectivity index (χ0v) is 10.6. The van der Waals surface area contributed by atoms with Gasteiger partial charge in [0.1, 0.15) is 5.75 Å². The highest BCUT2D eigenvalue weighted by Gasteiger charge is 2.08. The molecule has 0 heterocycles. The van der Waals surface area contributed by atoms with Crippen molar-refractivity contribution in [3.05, 3.63) is 23.8 Å². The molecule has 1 rings (SSSR count). The topological polar surface area (TPSA) is 64.4 Å². The Morgan fingerprint density at radius 3 is 2.76 bits per heavy atom. The molecule has 0 fully saturated rings. The normalized spacial score (nSPS) is 10.4. The molecule has 0 unspecified atom stereocenters. The van der Waals surface area contributed by atoms with E-state index in [0.717, 1.165) is 0 Å². The maximum absolute atomic E-state index is 11.6. The predicted octanol–water partition coefficient (Wildman–Crippen LogP) is 2.05. The number of ether oxygens (including phenoxy) is 1. The fraction of sp³-hybridized carbons (Fsp3) is 0.462. The Hall–Kier alpha value is -1.71. The molecule has 0 aliphatic carbocycles. The summed E-state index contributed by atoms with van der Waals surface area (Å²) in [5.41, 5.74) is 6.92. The van der Waals surface area contributed by atoms with Gasteiger partial charge in [-0.25, -0.2) is 0 Å². The van der Waals surface area contributed by atoms with Crippen molar-refractivity contribution >= 4 is 11.6 Å². The van der Waals surface area contributed by atoms with Crippen LogP contribution in [0, 0.1) is 5.92 Å². The highest BCUT2D eigenvalue weighted by atomic mass is 16.5. The fourth-order valence-electron chi connectivity index (χ4n) is 1.32. The number of hydrogen-bond acceptors (Lipinski definition) is 3. The molecular weight excluding hydrogens is 216 g/mol. The van der Waals surface area contributed by atoms with Gasteiger partial charge < -0.3 is 15.8 Å². The molecule has 0 aromatic heterocycles. The Balaban J connectivity index is 2.82. The Morgan fingerprint density at radius 2 is 2.18 bits per heavy atom. The maximum atomic E-state index is 11.6. The van der Waals surface area contributed by atoms with Gasteiger partial charge in [-0.05, 0) is 31.0 Å². The van der Waals surface area contributed by atoms with Crippen LogP contribution in [0.5, 0.6) is 5.75 Å². The first kappa shape index (κ1) is 13.4. The van der Waals surface area contributed by atoms with Crippen molar-refractivity contribution in [2.24, 2.45) is 5.92 Å². The molecular formula is C13H20N2O2. The average molecular weight is 236 g/mol. The fourth-order valence-corrected chi connectivity index (χ4v) is 1.32. The van der Waals surface area contributed by atoms with Gasteiger partial charge in [0.05, 0.1) is 12.3 Å². The zero-order valence-electron chi connectivity index (χ0n) is 10.6. The monoisotopic (exact) mass is 236 g/mol. The van der Waals surface area contributed by atoms with Gasteiger partial charge in [0.25, 0.3) is 5.91 Å². The molecule has 0 atom stereocenters. The zero-order chi connectivity index (χ0) is 12.8. The van der Waals surface area contributed by atoms with Crippen molar-refractivity contribution < 1.29 is 9.53 Å². The van der Waals surface area contributed by atoms with Crippen LogP contribution in [-0.4, -0.2) is 19.1 Å². The van der Waals surface area contributed by atoms with Gasteiger partial charge in [-0.3, -0.25) is 4.79 Å². The SMILES string of the molecule is CCNC(=O)c1ccc(N)c(OCC(C)C)c1. The van der Waals surface area contributed by atoms with E-state index in [0.29, 0.717) is 36.1 Å². The average Bonchev–Trinajstić information content (AvgIpc) is 2.28. The predicted molar refractivity (Wildman–Crippen MR) is 69.2 cm³/mol. The summed E-state index contributed by atoms with van der Waals surface area (Å²) in [6.07, 6.45) is 0. The van der Waals surface area contributed by atoms with Crippen molar-refractivity contribution in [1.29, 1.82) is 0 Å². The van der Waals surface area contributed by atoms with Crippen molar-refractivity contribution in [1.82, 2.24) is 5.32 Å². The summed E-state index contributed by atoms with van der Waals surface area (Å²) in [5.74, 6) is 0.881. The molecule has 0 bridgehead atoms. The highest BCUT2D eigenvalue weighted by Crippen LogP contribution is 2.23. The van der Waals surface area contributed by atoms with E-state index < -0.39 is 0 Å². The van der Waals surface area contributed by atoms with E-state index in [1.54, 1.807) is 18.2 Å². The van der Waals surface area contributed by atoms with E-state index in [-0.39, 0.29) is 5.91 Å². The van der Waals surface area contributed by atoms with Crippen LogP contribution in [0.3, 0.4) is 0 Å². The van der Waals surface area contributed by atoms with Crippen LogP contribution in [0.1, 0.15) is 31.1 Å². The highest BCUT2D eigenvalue weighted by molar-refractivity contribution is 5.95. The molecule has 17 heavy (non-hydrogen) atoms. The smallest absolute Gasteiger partial charge is 0.251 e. The van der Waals surface area contributed by atoms with Crippen LogP contribution in [0.15, 0.2) is 18.2 Å². The van der Waals surface area contributed by atoms with Gasteiger partial charge in [-0.2, -0.15) is 0 Å². The van der Waals surface area contributed by atoms with Gasteiger partial charge in [-0.1, -0.05) is 13.8 Å². The third-order valence-electron chi connectivity index (χ3n) is 2.19. The third-order valence-corrected chi connectivity index (χ3v) is 2.19. The van der Waals surface area contributed by atoms with Crippen molar-refractivity contribution in [2.45, 2.75) is 20.8 Å². The minimum atomic E-state index is -0.109. The number of benzene rings is 1. The first-order chi connectivity index (χ1) is 8.04. The number of anilines is 1. The lowest BCUT2D eigenvalue weighted by Gasteiger charge is -2.12. The number of rotatable bonds is 5. The first-order valence-electron chi connectivity index (χ1n) is 5.85. The third kappa shape index (κ3) is 3.98. The first-order valence-corrected chi connectivity index (χ1v) is 5.85. The van der Waals surface area contributed by atoms with E-state index in [4.69, 9.17) is 10.5 Å². The minimum Gasteiger partial charge on any atom is -0.491 e. The number of nitrogens with two attached hydrogens (primary N) is 1. The van der Waals surface area contributed by atoms with Crippen LogP contribution in [0.2, 0.25) is 0 Å². The Labute approximate surface area is 102 Å². The van der Waals surface area contributed by atoms with E-state index >= 15 is 0 Å². The maximum Gasteiger partial charge on any atom is 0.251 e. The largest absolute Gasteiger partial charge is 0.491 e. The van der Waals surface area contributed by atoms with E-state index in [1.165, 1.54) is 0 Å². The molecule has 0 aliphatic heterocycles. The molecule has 94 valence electrons. The quantitative estimate of drug-likeness (QED) is 0.769. The Kier molecular flexibility index (Phi) is 4.82. The van der Waals surface area contributed by atoms with Gasteiger partial charge in [0.2, 0.25) is 0 Å². The van der Waals surface area contributed by atoms with Gasteiger partial charge in [0.15, 0.2) is 0 Å². The molecule has 0 spiro atoms. The number of nitrogen functional groups attached to an aromatic ring is 1. The molecule has 1 amide bonds. The number of amides is 1. The molecule has 1 aromatic rings. The number of carbonyl (C=O) groups is 1. The van der Waals surface area contributed by atoms with Crippen molar-refractivity contribution in [3.8, 4) is 5.75 Å². The van der Waals surface area contributed by atoms with Crippen LogP contribution in [-0.2, 0) is 0 Å². The standard InChI is InChI=1S/C13H20N2O2/c1-4-15-13(16)10-5-6-11(14)12(7-10)17-8-9(2)3/h5-7,9H,4,8,14H2,1-3H3,(H,15,16). The molecule has 0 radical (unpaired) electrons. The summed E-state index contributed by atoms with van der Waals surface area (Å²) in [6, 6.07) is 5.07. The molecule has 1 aromatic carbocycles. The number of hydrogen-bond donors (Lipinski definition) is 2. The summed E-state index contributed by atoms with van der Waals surface area (Å²) in [7, 11) is 0.